The molecule has 3 aromatic carbocycles. The maximum absolute atomic E-state index is 12.6. The van der Waals surface area contributed by atoms with E-state index in [0.29, 0.717) is 22.3 Å². The van der Waals surface area contributed by atoms with Crippen LogP contribution in [-0.2, 0) is 0 Å². The van der Waals surface area contributed by atoms with Gasteiger partial charge in [-0.05, 0) is 42.0 Å². The lowest BCUT2D eigenvalue weighted by molar-refractivity contribution is 0.0883. The molecule has 27 heavy (non-hydrogen) atoms. The van der Waals surface area contributed by atoms with Crippen LogP contribution in [0.3, 0.4) is 0 Å². The van der Waals surface area contributed by atoms with Gasteiger partial charge < -0.3 is 10.6 Å². The molecule has 0 aromatic heterocycles. The Morgan fingerprint density at radius 2 is 1.15 bits per heavy atom. The smallest absolute Gasteiger partial charge is 0.253 e. The molecule has 0 radical (unpaired) electrons. The lowest BCUT2D eigenvalue weighted by atomic mass is 10.1. The monoisotopic (exact) mass is 355 g/mol. The third-order valence-corrected chi connectivity index (χ3v) is 4.00. The Morgan fingerprint density at radius 1 is 0.704 bits per heavy atom. The van der Waals surface area contributed by atoms with E-state index in [4.69, 9.17) is 5.26 Å². The summed E-state index contributed by atoms with van der Waals surface area (Å²) in [4.78, 5) is 25.1. The lowest BCUT2D eigenvalue weighted by Gasteiger charge is -2.21. The van der Waals surface area contributed by atoms with Gasteiger partial charge in [0.25, 0.3) is 11.8 Å². The normalized spacial score (nSPS) is 10.1. The van der Waals surface area contributed by atoms with E-state index in [2.05, 4.69) is 16.7 Å². The topological polar surface area (TPSA) is 82.0 Å². The summed E-state index contributed by atoms with van der Waals surface area (Å²) >= 11 is 0. The number of benzene rings is 3. The summed E-state index contributed by atoms with van der Waals surface area (Å²) in [6.45, 7) is 0. The van der Waals surface area contributed by atoms with Crippen LogP contribution in [0, 0.1) is 11.3 Å². The lowest BCUT2D eigenvalue weighted by Crippen LogP contribution is -2.41. The van der Waals surface area contributed by atoms with E-state index >= 15 is 0 Å². The van der Waals surface area contributed by atoms with Gasteiger partial charge >= 0.3 is 0 Å². The van der Waals surface area contributed by atoms with Crippen molar-refractivity contribution < 1.29 is 9.59 Å². The molecule has 5 nitrogen and oxygen atoms in total. The van der Waals surface area contributed by atoms with Crippen LogP contribution in [0.1, 0.15) is 38.0 Å². The Labute approximate surface area is 157 Å². The highest BCUT2D eigenvalue weighted by Gasteiger charge is 2.19. The molecule has 0 fully saturated rings. The summed E-state index contributed by atoms with van der Waals surface area (Å²) in [5.74, 6) is -0.614. The molecule has 0 atom stereocenters. The number of hydrogen-bond acceptors (Lipinski definition) is 3. The van der Waals surface area contributed by atoms with Gasteiger partial charge in [-0.3, -0.25) is 9.59 Å². The number of nitrogens with zero attached hydrogens (tertiary/aromatic N) is 1. The molecular weight excluding hydrogens is 338 g/mol. The van der Waals surface area contributed by atoms with Crippen LogP contribution in [0.25, 0.3) is 0 Å². The zero-order valence-corrected chi connectivity index (χ0v) is 14.4. The second-order valence-corrected chi connectivity index (χ2v) is 5.85. The van der Waals surface area contributed by atoms with Crippen molar-refractivity contribution in [3.05, 3.63) is 107 Å². The van der Waals surface area contributed by atoms with Gasteiger partial charge in [0.05, 0.1) is 11.6 Å². The number of carbonyl (C=O) groups is 2. The van der Waals surface area contributed by atoms with Crippen LogP contribution < -0.4 is 10.6 Å². The average Bonchev–Trinajstić information content (AvgIpc) is 2.74. The predicted octanol–water partition coefficient (Wildman–Crippen LogP) is 3.42. The third-order valence-electron chi connectivity index (χ3n) is 4.00. The van der Waals surface area contributed by atoms with Crippen molar-refractivity contribution in [3.8, 4) is 6.07 Å². The number of nitrogens with one attached hydrogen (secondary N) is 2. The molecule has 2 N–H and O–H groups in total. The van der Waals surface area contributed by atoms with Crippen LogP contribution in [0.2, 0.25) is 0 Å². The van der Waals surface area contributed by atoms with Gasteiger partial charge in [-0.2, -0.15) is 5.26 Å². The van der Waals surface area contributed by atoms with Gasteiger partial charge in [0.2, 0.25) is 0 Å². The van der Waals surface area contributed by atoms with Crippen molar-refractivity contribution >= 4 is 11.8 Å². The summed E-state index contributed by atoms with van der Waals surface area (Å²) < 4.78 is 0. The first kappa shape index (κ1) is 17.9. The fourth-order valence-corrected chi connectivity index (χ4v) is 2.56. The Morgan fingerprint density at radius 3 is 1.56 bits per heavy atom. The largest absolute Gasteiger partial charge is 0.328 e. The summed E-state index contributed by atoms with van der Waals surface area (Å²) in [6.07, 6.45) is -0.738. The van der Waals surface area contributed by atoms with Crippen LogP contribution in [-0.4, -0.2) is 11.8 Å². The summed E-state index contributed by atoms with van der Waals surface area (Å²) in [7, 11) is 0. The maximum Gasteiger partial charge on any atom is 0.253 e. The molecule has 3 rings (SSSR count). The minimum absolute atomic E-state index is 0.307. The van der Waals surface area contributed by atoms with Crippen molar-refractivity contribution in [2.45, 2.75) is 6.17 Å². The van der Waals surface area contributed by atoms with Gasteiger partial charge in [0, 0.05) is 11.1 Å². The summed E-state index contributed by atoms with van der Waals surface area (Å²) in [6, 6.07) is 26.3. The second-order valence-electron chi connectivity index (χ2n) is 5.85. The highest BCUT2D eigenvalue weighted by atomic mass is 16.2. The molecule has 5 heteroatoms. The van der Waals surface area contributed by atoms with Gasteiger partial charge in [0.15, 0.2) is 0 Å². The number of rotatable bonds is 5. The zero-order valence-electron chi connectivity index (χ0n) is 14.4. The van der Waals surface area contributed by atoms with E-state index in [9.17, 15) is 9.59 Å². The van der Waals surface area contributed by atoms with Crippen LogP contribution in [0.4, 0.5) is 0 Å². The van der Waals surface area contributed by atoms with E-state index < -0.39 is 6.17 Å². The van der Waals surface area contributed by atoms with Gasteiger partial charge in [-0.1, -0.05) is 48.5 Å². The molecule has 0 aliphatic carbocycles. The van der Waals surface area contributed by atoms with Crippen molar-refractivity contribution in [1.29, 1.82) is 5.26 Å². The molecular formula is C22H17N3O2. The summed E-state index contributed by atoms with van der Waals surface area (Å²) in [5, 5.41) is 14.6. The minimum atomic E-state index is -0.738. The van der Waals surface area contributed by atoms with Crippen molar-refractivity contribution in [3.63, 3.8) is 0 Å². The Kier molecular flexibility index (Phi) is 5.60. The molecule has 3 aromatic rings. The van der Waals surface area contributed by atoms with Gasteiger partial charge in [0.1, 0.15) is 6.17 Å². The van der Waals surface area contributed by atoms with Gasteiger partial charge in [-0.15, -0.1) is 0 Å². The van der Waals surface area contributed by atoms with Crippen molar-refractivity contribution in [1.82, 2.24) is 10.6 Å². The van der Waals surface area contributed by atoms with E-state index in [1.54, 1.807) is 72.8 Å². The van der Waals surface area contributed by atoms with E-state index in [1.807, 2.05) is 12.1 Å². The zero-order chi connectivity index (χ0) is 19.1. The number of nitriles is 1. The van der Waals surface area contributed by atoms with Crippen LogP contribution in [0.15, 0.2) is 84.9 Å². The van der Waals surface area contributed by atoms with E-state index in [-0.39, 0.29) is 11.8 Å². The molecule has 2 amide bonds. The van der Waals surface area contributed by atoms with Crippen LogP contribution >= 0.6 is 0 Å². The molecule has 0 saturated heterocycles. The van der Waals surface area contributed by atoms with Gasteiger partial charge in [-0.25, -0.2) is 0 Å². The number of amides is 2. The van der Waals surface area contributed by atoms with E-state index in [1.165, 1.54) is 0 Å². The first-order valence-corrected chi connectivity index (χ1v) is 8.39. The molecule has 0 aliphatic heterocycles. The molecule has 0 heterocycles. The molecule has 132 valence electrons. The fraction of sp³-hybridized carbons (Fsp3) is 0.0455. The molecule has 0 unspecified atom stereocenters. The molecule has 0 bridgehead atoms. The Bertz CT molecular complexity index is 908. The predicted molar refractivity (Wildman–Crippen MR) is 102 cm³/mol. The molecule has 0 spiro atoms. The van der Waals surface area contributed by atoms with E-state index in [0.717, 1.165) is 0 Å². The number of hydrogen-bond donors (Lipinski definition) is 2. The fourth-order valence-electron chi connectivity index (χ4n) is 2.56. The minimum Gasteiger partial charge on any atom is -0.328 e. The first-order valence-electron chi connectivity index (χ1n) is 8.39. The molecule has 0 aliphatic rings. The second kappa shape index (κ2) is 8.45. The third kappa shape index (κ3) is 4.59. The Hall–Kier alpha value is -3.91. The van der Waals surface area contributed by atoms with Crippen molar-refractivity contribution in [2.24, 2.45) is 0 Å². The molecule has 0 saturated carbocycles. The quantitative estimate of drug-likeness (QED) is 0.688. The standard InChI is InChI=1S/C22H17N3O2/c23-15-16-11-13-17(14-12-16)20(24-21(26)18-7-3-1-4-8-18)25-22(27)19-9-5-2-6-10-19/h1-14,20H,(H,24,26)(H,25,27). The highest BCUT2D eigenvalue weighted by molar-refractivity contribution is 5.96. The Balaban J connectivity index is 1.85. The SMILES string of the molecule is N#Cc1ccc(C(NC(=O)c2ccccc2)NC(=O)c2ccccc2)cc1. The number of carbonyl (C=O) groups excluding carboxylic acids is 2. The first-order chi connectivity index (χ1) is 13.2. The van der Waals surface area contributed by atoms with Crippen LogP contribution in [0.5, 0.6) is 0 Å². The maximum atomic E-state index is 12.6. The van der Waals surface area contributed by atoms with Crippen molar-refractivity contribution in [2.75, 3.05) is 0 Å². The highest BCUT2D eigenvalue weighted by Crippen LogP contribution is 2.14. The summed E-state index contributed by atoms with van der Waals surface area (Å²) in [5.41, 5.74) is 2.15. The average molecular weight is 355 g/mol.